The molecule has 1 atom stereocenters. The van der Waals surface area contributed by atoms with Gasteiger partial charge in [0.15, 0.2) is 5.76 Å². The molecule has 1 aromatic carbocycles. The van der Waals surface area contributed by atoms with E-state index in [4.69, 9.17) is 10.2 Å². The topological polar surface area (TPSA) is 123 Å². The van der Waals surface area contributed by atoms with Gasteiger partial charge >= 0.3 is 0 Å². The van der Waals surface area contributed by atoms with Crippen molar-refractivity contribution in [1.29, 1.82) is 0 Å². The van der Waals surface area contributed by atoms with Gasteiger partial charge in [0.25, 0.3) is 0 Å². The van der Waals surface area contributed by atoms with Crippen molar-refractivity contribution in [3.63, 3.8) is 0 Å². The van der Waals surface area contributed by atoms with E-state index in [1.165, 1.54) is 6.07 Å². The Hall–Kier alpha value is -2.74. The van der Waals surface area contributed by atoms with Crippen LogP contribution in [-0.2, 0) is 21.4 Å². The van der Waals surface area contributed by atoms with Crippen LogP contribution in [0.2, 0.25) is 0 Å². The third kappa shape index (κ3) is 5.05. The minimum absolute atomic E-state index is 0.00785. The first-order valence-electron chi connectivity index (χ1n) is 9.85. The minimum Gasteiger partial charge on any atom is -0.502 e. The molecule has 3 rings (SSSR count). The number of primary amides is 1. The molecule has 0 aliphatic carbocycles. The summed E-state index contributed by atoms with van der Waals surface area (Å²) in [5.74, 6) is 0.638. The molecule has 2 aromatic rings. The van der Waals surface area contributed by atoms with Gasteiger partial charge in [0.2, 0.25) is 23.0 Å². The average molecular weight is 431 g/mol. The number of nitrogens with two attached hydrogens (primary N) is 1. The Kier molecular flexibility index (Phi) is 6.87. The second kappa shape index (κ2) is 9.38. The van der Waals surface area contributed by atoms with Gasteiger partial charge in [-0.3, -0.25) is 14.4 Å². The molecular formula is C22H26N2O5S. The highest BCUT2D eigenvalue weighted by Gasteiger charge is 2.42. The zero-order valence-electron chi connectivity index (χ0n) is 16.8. The molecule has 30 heavy (non-hydrogen) atoms. The second-order valence-corrected chi connectivity index (χ2v) is 8.91. The Labute approximate surface area is 179 Å². The van der Waals surface area contributed by atoms with Crippen LogP contribution in [0.4, 0.5) is 0 Å². The van der Waals surface area contributed by atoms with Crippen LogP contribution in [0, 0.1) is 6.92 Å². The Morgan fingerprint density at radius 3 is 2.57 bits per heavy atom. The predicted octanol–water partition coefficient (Wildman–Crippen LogP) is 2.02. The number of aromatic hydroxyl groups is 1. The van der Waals surface area contributed by atoms with E-state index in [9.17, 15) is 19.5 Å². The van der Waals surface area contributed by atoms with Crippen LogP contribution in [0.1, 0.15) is 36.3 Å². The summed E-state index contributed by atoms with van der Waals surface area (Å²) >= 11 is 1.75. The second-order valence-electron chi connectivity index (χ2n) is 7.68. The fraction of sp³-hybridized carbons (Fsp3) is 0.409. The Morgan fingerprint density at radius 1 is 1.27 bits per heavy atom. The fourth-order valence-corrected chi connectivity index (χ4v) is 5.11. The molecule has 7 nitrogen and oxygen atoms in total. The van der Waals surface area contributed by atoms with Gasteiger partial charge < -0.3 is 20.6 Å². The predicted molar refractivity (Wildman–Crippen MR) is 116 cm³/mol. The molecule has 4 N–H and O–H groups in total. The quantitative estimate of drug-likeness (QED) is 0.618. The van der Waals surface area contributed by atoms with Crippen molar-refractivity contribution in [1.82, 2.24) is 5.32 Å². The van der Waals surface area contributed by atoms with Crippen LogP contribution in [0.3, 0.4) is 0 Å². The highest BCUT2D eigenvalue weighted by molar-refractivity contribution is 7.99. The van der Waals surface area contributed by atoms with Crippen LogP contribution in [0.15, 0.2) is 45.6 Å². The summed E-state index contributed by atoms with van der Waals surface area (Å²) in [7, 11) is 0. The van der Waals surface area contributed by atoms with Gasteiger partial charge in [-0.1, -0.05) is 30.3 Å². The molecule has 2 amide bonds. The SMILES string of the molecule is Cc1cc(=O)c(O)c(C2(CC(=O)N[C@@H](Cc3ccccc3)C(N)=O)CCSCC2)o1. The van der Waals surface area contributed by atoms with E-state index >= 15 is 0 Å². The summed E-state index contributed by atoms with van der Waals surface area (Å²) in [6.45, 7) is 1.64. The summed E-state index contributed by atoms with van der Waals surface area (Å²) in [6.07, 6.45) is 1.43. The standard InChI is InChI=1S/C22H26N2O5S/c1-14-11-17(25)19(27)20(29-14)22(7-9-30-10-8-22)13-18(26)24-16(21(23)28)12-15-5-3-2-4-6-15/h2-6,11,16,27H,7-10,12-13H2,1H3,(H2,23,28)(H,24,26)/t16-/m0/s1. The number of carbonyl (C=O) groups excluding carboxylic acids is 2. The Balaban J connectivity index is 1.83. The third-order valence-corrected chi connectivity index (χ3v) is 6.42. The van der Waals surface area contributed by atoms with Gasteiger partial charge in [-0.25, -0.2) is 0 Å². The molecule has 0 saturated carbocycles. The number of benzene rings is 1. The molecule has 2 heterocycles. The monoisotopic (exact) mass is 430 g/mol. The zero-order chi connectivity index (χ0) is 21.7. The number of aryl methyl sites for hydroxylation is 1. The van der Waals surface area contributed by atoms with Crippen molar-refractivity contribution in [2.75, 3.05) is 11.5 Å². The maximum atomic E-state index is 12.9. The van der Waals surface area contributed by atoms with Crippen LogP contribution in [0.25, 0.3) is 0 Å². The van der Waals surface area contributed by atoms with Crippen LogP contribution in [-0.4, -0.2) is 34.5 Å². The van der Waals surface area contributed by atoms with Crippen LogP contribution < -0.4 is 16.5 Å². The van der Waals surface area contributed by atoms with Gasteiger partial charge in [0.05, 0.1) is 0 Å². The lowest BCUT2D eigenvalue weighted by Crippen LogP contribution is -2.48. The molecule has 0 bridgehead atoms. The van der Waals surface area contributed by atoms with Crippen molar-refractivity contribution >= 4 is 23.6 Å². The molecule has 0 unspecified atom stereocenters. The van der Waals surface area contributed by atoms with Gasteiger partial charge in [-0.2, -0.15) is 11.8 Å². The summed E-state index contributed by atoms with van der Waals surface area (Å²) in [4.78, 5) is 37.0. The normalized spacial score (nSPS) is 16.6. The number of rotatable bonds is 7. The van der Waals surface area contributed by atoms with E-state index in [0.717, 1.165) is 17.1 Å². The van der Waals surface area contributed by atoms with Crippen molar-refractivity contribution in [3.8, 4) is 5.75 Å². The summed E-state index contributed by atoms with van der Waals surface area (Å²) < 4.78 is 5.75. The third-order valence-electron chi connectivity index (χ3n) is 5.44. The van der Waals surface area contributed by atoms with Crippen molar-refractivity contribution in [3.05, 3.63) is 63.7 Å². The molecule has 0 radical (unpaired) electrons. The highest BCUT2D eigenvalue weighted by Crippen LogP contribution is 2.44. The molecule has 160 valence electrons. The first-order valence-corrected chi connectivity index (χ1v) is 11.0. The zero-order valence-corrected chi connectivity index (χ0v) is 17.7. The largest absolute Gasteiger partial charge is 0.502 e. The number of nitrogens with one attached hydrogen (secondary N) is 1. The van der Waals surface area contributed by atoms with E-state index in [0.29, 0.717) is 18.6 Å². The van der Waals surface area contributed by atoms with Gasteiger partial charge in [-0.05, 0) is 36.8 Å². The van der Waals surface area contributed by atoms with Gasteiger partial charge in [-0.15, -0.1) is 0 Å². The lowest BCUT2D eigenvalue weighted by Gasteiger charge is -2.36. The number of amides is 2. The maximum Gasteiger partial charge on any atom is 0.240 e. The lowest BCUT2D eigenvalue weighted by molar-refractivity contribution is -0.128. The summed E-state index contributed by atoms with van der Waals surface area (Å²) in [5, 5.41) is 13.1. The molecule has 1 aromatic heterocycles. The van der Waals surface area contributed by atoms with E-state index in [1.807, 2.05) is 30.3 Å². The molecule has 1 aliphatic heterocycles. The number of carbonyl (C=O) groups is 2. The Morgan fingerprint density at radius 2 is 1.93 bits per heavy atom. The van der Waals surface area contributed by atoms with E-state index in [2.05, 4.69) is 5.32 Å². The highest BCUT2D eigenvalue weighted by atomic mass is 32.2. The van der Waals surface area contributed by atoms with Crippen LogP contribution >= 0.6 is 11.8 Å². The number of hydrogen-bond acceptors (Lipinski definition) is 6. The van der Waals surface area contributed by atoms with Crippen molar-refractivity contribution < 1.29 is 19.1 Å². The van der Waals surface area contributed by atoms with Crippen LogP contribution in [0.5, 0.6) is 5.75 Å². The maximum absolute atomic E-state index is 12.9. The van der Waals surface area contributed by atoms with Gasteiger partial charge in [0, 0.05) is 24.3 Å². The minimum atomic E-state index is -0.854. The lowest BCUT2D eigenvalue weighted by atomic mass is 9.75. The first-order chi connectivity index (χ1) is 14.3. The fourth-order valence-electron chi connectivity index (χ4n) is 3.83. The Bertz CT molecular complexity index is 967. The van der Waals surface area contributed by atoms with Crippen molar-refractivity contribution in [2.24, 2.45) is 5.73 Å². The first kappa shape index (κ1) is 22.0. The molecule has 1 fully saturated rings. The van der Waals surface area contributed by atoms with Gasteiger partial charge in [0.1, 0.15) is 11.8 Å². The van der Waals surface area contributed by atoms with Crippen molar-refractivity contribution in [2.45, 2.75) is 44.1 Å². The summed E-state index contributed by atoms with van der Waals surface area (Å²) in [5.41, 5.74) is 5.07. The summed E-state index contributed by atoms with van der Waals surface area (Å²) in [6, 6.07) is 9.68. The molecule has 8 heteroatoms. The van der Waals surface area contributed by atoms with E-state index in [-0.39, 0.29) is 24.5 Å². The average Bonchev–Trinajstić information content (AvgIpc) is 2.71. The van der Waals surface area contributed by atoms with E-state index < -0.39 is 28.5 Å². The molecule has 0 spiro atoms. The number of thioether (sulfide) groups is 1. The molecule has 1 saturated heterocycles. The molecular weight excluding hydrogens is 404 g/mol. The molecule has 1 aliphatic rings. The number of hydrogen-bond donors (Lipinski definition) is 3. The smallest absolute Gasteiger partial charge is 0.240 e. The van der Waals surface area contributed by atoms with E-state index in [1.54, 1.807) is 18.7 Å².